The van der Waals surface area contributed by atoms with Gasteiger partial charge in [-0.25, -0.2) is 0 Å². The summed E-state index contributed by atoms with van der Waals surface area (Å²) in [6.45, 7) is 3.35. The molecule has 0 saturated heterocycles. The van der Waals surface area contributed by atoms with E-state index in [1.54, 1.807) is 0 Å². The Labute approximate surface area is 174 Å². The second-order valence-electron chi connectivity index (χ2n) is 7.43. The average molecular weight is 421 g/mol. The number of nitrogens with zero attached hydrogens (tertiary/aromatic N) is 1. The highest BCUT2D eigenvalue weighted by atomic mass is 16.6. The number of nitrogens with one attached hydrogen (secondary N) is 2. The minimum absolute atomic E-state index is 0.00607. The summed E-state index contributed by atoms with van der Waals surface area (Å²) < 4.78 is 9.77. The fourth-order valence-electron chi connectivity index (χ4n) is 3.46. The number of esters is 1. The predicted molar refractivity (Wildman–Crippen MR) is 107 cm³/mol. The first kappa shape index (κ1) is 23.1. The van der Waals surface area contributed by atoms with Crippen molar-refractivity contribution in [3.8, 4) is 5.75 Å². The number of rotatable bonds is 8. The fourth-order valence-corrected chi connectivity index (χ4v) is 3.46. The summed E-state index contributed by atoms with van der Waals surface area (Å²) in [5.41, 5.74) is -0.371. The zero-order chi connectivity index (χ0) is 22.3. The summed E-state index contributed by atoms with van der Waals surface area (Å²) in [5, 5.41) is 16.2. The molecular formula is C20H27N3O7. The van der Waals surface area contributed by atoms with E-state index in [1.165, 1.54) is 19.2 Å². The summed E-state index contributed by atoms with van der Waals surface area (Å²) in [6, 6.07) is 3.75. The Morgan fingerprint density at radius 3 is 2.63 bits per heavy atom. The fraction of sp³-hybridized carbons (Fsp3) is 0.550. The van der Waals surface area contributed by atoms with Crippen molar-refractivity contribution in [1.29, 1.82) is 0 Å². The van der Waals surface area contributed by atoms with Crippen molar-refractivity contribution in [2.24, 2.45) is 11.8 Å². The molecule has 1 fully saturated rings. The van der Waals surface area contributed by atoms with Gasteiger partial charge >= 0.3 is 11.7 Å². The van der Waals surface area contributed by atoms with E-state index in [0.717, 1.165) is 25.3 Å². The molecule has 1 aliphatic rings. The highest BCUT2D eigenvalue weighted by Gasteiger charge is 2.28. The average Bonchev–Trinajstić information content (AvgIpc) is 2.73. The van der Waals surface area contributed by atoms with Gasteiger partial charge in [-0.3, -0.25) is 24.5 Å². The molecule has 2 N–H and O–H groups in total. The third-order valence-corrected chi connectivity index (χ3v) is 5.45. The summed E-state index contributed by atoms with van der Waals surface area (Å²) in [4.78, 5) is 46.4. The van der Waals surface area contributed by atoms with E-state index in [9.17, 15) is 24.5 Å². The summed E-state index contributed by atoms with van der Waals surface area (Å²) in [5.74, 6) is -0.962. The molecule has 1 aliphatic carbocycles. The zero-order valence-corrected chi connectivity index (χ0v) is 17.3. The van der Waals surface area contributed by atoms with Crippen molar-refractivity contribution in [2.75, 3.05) is 20.3 Å². The maximum Gasteiger partial charge on any atom is 0.325 e. The molecule has 0 heterocycles. The molecule has 2 amide bonds. The molecule has 1 saturated carbocycles. The lowest BCUT2D eigenvalue weighted by atomic mass is 9.78. The first-order valence-corrected chi connectivity index (χ1v) is 9.78. The van der Waals surface area contributed by atoms with Crippen molar-refractivity contribution in [3.05, 3.63) is 33.9 Å². The molecule has 30 heavy (non-hydrogen) atoms. The normalized spacial score (nSPS) is 20.7. The lowest BCUT2D eigenvalue weighted by Crippen LogP contribution is -2.45. The molecule has 0 aromatic heterocycles. The molecule has 1 aromatic rings. The molecule has 3 atom stereocenters. The first-order chi connectivity index (χ1) is 14.2. The Bertz CT molecular complexity index is 812. The van der Waals surface area contributed by atoms with E-state index in [-0.39, 0.29) is 28.9 Å². The van der Waals surface area contributed by atoms with Crippen molar-refractivity contribution in [2.45, 2.75) is 39.2 Å². The number of hydrogen-bond donors (Lipinski definition) is 2. The second-order valence-corrected chi connectivity index (χ2v) is 7.43. The highest BCUT2D eigenvalue weighted by molar-refractivity contribution is 5.97. The van der Waals surface area contributed by atoms with Gasteiger partial charge in [0.1, 0.15) is 6.54 Å². The Morgan fingerprint density at radius 2 is 1.97 bits per heavy atom. The van der Waals surface area contributed by atoms with Crippen molar-refractivity contribution >= 4 is 23.5 Å². The number of methoxy groups -OCH3 is 1. The van der Waals surface area contributed by atoms with Crippen LogP contribution in [-0.4, -0.2) is 49.0 Å². The third-order valence-electron chi connectivity index (χ3n) is 5.45. The lowest BCUT2D eigenvalue weighted by molar-refractivity contribution is -0.385. The Morgan fingerprint density at radius 1 is 1.23 bits per heavy atom. The highest BCUT2D eigenvalue weighted by Crippen LogP contribution is 2.29. The minimum Gasteiger partial charge on any atom is -0.490 e. The van der Waals surface area contributed by atoms with Crippen molar-refractivity contribution in [3.63, 3.8) is 0 Å². The van der Waals surface area contributed by atoms with Gasteiger partial charge < -0.3 is 20.1 Å². The van der Waals surface area contributed by atoms with Crippen molar-refractivity contribution in [1.82, 2.24) is 10.6 Å². The van der Waals surface area contributed by atoms with Crippen molar-refractivity contribution < 1.29 is 28.8 Å². The molecule has 0 spiro atoms. The van der Waals surface area contributed by atoms with Gasteiger partial charge in [0, 0.05) is 17.7 Å². The number of amides is 2. The van der Waals surface area contributed by atoms with Crippen LogP contribution in [0, 0.1) is 22.0 Å². The number of carbonyl (C=O) groups is 3. The van der Waals surface area contributed by atoms with Gasteiger partial charge in [-0.1, -0.05) is 26.7 Å². The smallest absolute Gasteiger partial charge is 0.325 e. The summed E-state index contributed by atoms with van der Waals surface area (Å²) in [7, 11) is 1.28. The van der Waals surface area contributed by atoms with Crippen LogP contribution in [-0.2, 0) is 14.3 Å². The van der Waals surface area contributed by atoms with Crippen LogP contribution >= 0.6 is 0 Å². The van der Waals surface area contributed by atoms with Gasteiger partial charge in [0.25, 0.3) is 11.8 Å². The third kappa shape index (κ3) is 6.16. The van der Waals surface area contributed by atoms with E-state index in [0.29, 0.717) is 11.8 Å². The van der Waals surface area contributed by atoms with E-state index in [1.807, 2.05) is 0 Å². The monoisotopic (exact) mass is 421 g/mol. The number of nitro groups is 1. The van der Waals surface area contributed by atoms with E-state index < -0.39 is 30.0 Å². The zero-order valence-electron chi connectivity index (χ0n) is 17.3. The van der Waals surface area contributed by atoms with Crippen LogP contribution in [0.15, 0.2) is 18.2 Å². The number of ether oxygens (including phenoxy) is 2. The number of nitro benzene ring substituents is 1. The molecule has 164 valence electrons. The largest absolute Gasteiger partial charge is 0.490 e. The van der Waals surface area contributed by atoms with Crippen LogP contribution in [0.3, 0.4) is 0 Å². The Hall–Kier alpha value is -3.17. The molecule has 10 heteroatoms. The van der Waals surface area contributed by atoms with Gasteiger partial charge in [-0.15, -0.1) is 0 Å². The van der Waals surface area contributed by atoms with E-state index in [2.05, 4.69) is 24.5 Å². The lowest BCUT2D eigenvalue weighted by Gasteiger charge is -2.34. The molecule has 0 radical (unpaired) electrons. The molecule has 0 bridgehead atoms. The van der Waals surface area contributed by atoms with Gasteiger partial charge in [0.05, 0.1) is 12.0 Å². The van der Waals surface area contributed by atoms with Crippen LogP contribution < -0.4 is 15.4 Å². The SMILES string of the molecule is COc1ccc(C(=O)NCC(=O)OCC(=O)N[C@H]2CCC[C@H](C)[C@H]2C)cc1[N+](=O)[O-]. The number of carbonyl (C=O) groups excluding carboxylic acids is 3. The second kappa shape index (κ2) is 10.6. The quantitative estimate of drug-likeness (QED) is 0.371. The maximum atomic E-state index is 12.1. The first-order valence-electron chi connectivity index (χ1n) is 9.78. The van der Waals surface area contributed by atoms with Gasteiger partial charge in [-0.2, -0.15) is 0 Å². The van der Waals surface area contributed by atoms with Crippen LogP contribution in [0.4, 0.5) is 5.69 Å². The predicted octanol–water partition coefficient (Wildman–Crippen LogP) is 1.82. The van der Waals surface area contributed by atoms with Crippen LogP contribution in [0.1, 0.15) is 43.5 Å². The van der Waals surface area contributed by atoms with Gasteiger partial charge in [0.15, 0.2) is 12.4 Å². The Balaban J connectivity index is 1.79. The molecular weight excluding hydrogens is 394 g/mol. The van der Waals surface area contributed by atoms with Gasteiger partial charge in [0.2, 0.25) is 0 Å². The molecule has 1 aromatic carbocycles. The Kier molecular flexibility index (Phi) is 8.14. The summed E-state index contributed by atoms with van der Waals surface area (Å²) in [6.07, 6.45) is 3.08. The standard InChI is InChI=1S/C20H27N3O7/c1-12-5-4-6-15(13(12)2)22-18(24)11-30-19(25)10-21-20(26)14-7-8-17(29-3)16(9-14)23(27)28/h7-9,12-13,15H,4-6,10-11H2,1-3H3,(H,21,26)(H,22,24)/t12-,13+,15-/m0/s1. The van der Waals surface area contributed by atoms with Crippen LogP contribution in [0.25, 0.3) is 0 Å². The maximum absolute atomic E-state index is 12.1. The van der Waals surface area contributed by atoms with Crippen LogP contribution in [0.5, 0.6) is 5.75 Å². The van der Waals surface area contributed by atoms with Crippen LogP contribution in [0.2, 0.25) is 0 Å². The topological polar surface area (TPSA) is 137 Å². The minimum atomic E-state index is -0.786. The molecule has 2 rings (SSSR count). The summed E-state index contributed by atoms with van der Waals surface area (Å²) >= 11 is 0. The number of benzene rings is 1. The molecule has 10 nitrogen and oxygen atoms in total. The van der Waals surface area contributed by atoms with E-state index in [4.69, 9.17) is 9.47 Å². The molecule has 0 unspecified atom stereocenters. The molecule has 0 aliphatic heterocycles. The van der Waals surface area contributed by atoms with E-state index >= 15 is 0 Å². The van der Waals surface area contributed by atoms with Gasteiger partial charge in [-0.05, 0) is 30.4 Å². The number of hydrogen-bond acceptors (Lipinski definition) is 7.